The second-order valence-electron chi connectivity index (χ2n) is 5.29. The highest BCUT2D eigenvalue weighted by Gasteiger charge is 2.26. The van der Waals surface area contributed by atoms with Crippen molar-refractivity contribution in [2.45, 2.75) is 44.9 Å². The first-order valence-corrected chi connectivity index (χ1v) is 7.35. The van der Waals surface area contributed by atoms with Crippen LogP contribution in [0.25, 0.3) is 11.0 Å². The highest BCUT2D eigenvalue weighted by molar-refractivity contribution is 5.75. The Morgan fingerprint density at radius 2 is 2.35 bits per heavy atom. The first-order chi connectivity index (χ1) is 9.83. The fourth-order valence-electron chi connectivity index (χ4n) is 3.05. The Morgan fingerprint density at radius 1 is 1.50 bits per heavy atom. The van der Waals surface area contributed by atoms with Gasteiger partial charge in [-0.3, -0.25) is 11.3 Å². The van der Waals surface area contributed by atoms with Gasteiger partial charge >= 0.3 is 0 Å². The van der Waals surface area contributed by atoms with Crippen molar-refractivity contribution in [1.82, 2.24) is 15.0 Å². The zero-order chi connectivity index (χ0) is 13.9. The maximum atomic E-state index is 5.75. The van der Waals surface area contributed by atoms with Crippen molar-refractivity contribution in [3.8, 4) is 0 Å². The van der Waals surface area contributed by atoms with Gasteiger partial charge in [0.2, 0.25) is 0 Å². The molecule has 3 N–H and O–H groups in total. The highest BCUT2D eigenvalue weighted by Crippen LogP contribution is 2.21. The number of fused-ring (bicyclic) bond motifs is 1. The molecule has 5 nitrogen and oxygen atoms in total. The number of rotatable bonds is 5. The Hall–Kier alpha value is -1.43. The lowest BCUT2D eigenvalue weighted by molar-refractivity contribution is 0.0776. The lowest BCUT2D eigenvalue weighted by atomic mass is 10.1. The maximum absolute atomic E-state index is 5.75. The smallest absolute Gasteiger partial charge is 0.111 e. The number of hydrogen-bond donors (Lipinski definition) is 2. The summed E-state index contributed by atoms with van der Waals surface area (Å²) < 4.78 is 8.00. The second kappa shape index (κ2) is 5.91. The lowest BCUT2D eigenvalue weighted by Gasteiger charge is -2.22. The van der Waals surface area contributed by atoms with Crippen LogP contribution in [0, 0.1) is 0 Å². The van der Waals surface area contributed by atoms with E-state index in [0.717, 1.165) is 43.8 Å². The molecule has 1 fully saturated rings. The molecule has 0 spiro atoms. The summed E-state index contributed by atoms with van der Waals surface area (Å²) in [6, 6.07) is 8.38. The number of benzene rings is 1. The number of hydrogen-bond acceptors (Lipinski definition) is 4. The van der Waals surface area contributed by atoms with Crippen LogP contribution in [0.15, 0.2) is 24.3 Å². The predicted octanol–water partition coefficient (Wildman–Crippen LogP) is 1.61. The average molecular weight is 274 g/mol. The number of imidazole rings is 1. The van der Waals surface area contributed by atoms with Crippen molar-refractivity contribution in [3.05, 3.63) is 30.1 Å². The van der Waals surface area contributed by atoms with Gasteiger partial charge in [0, 0.05) is 19.6 Å². The van der Waals surface area contributed by atoms with Crippen LogP contribution in [-0.4, -0.2) is 28.3 Å². The van der Waals surface area contributed by atoms with Crippen molar-refractivity contribution in [2.24, 2.45) is 5.84 Å². The van der Waals surface area contributed by atoms with E-state index in [9.17, 15) is 0 Å². The normalized spacial score (nSPS) is 20.6. The van der Waals surface area contributed by atoms with Gasteiger partial charge < -0.3 is 9.30 Å². The molecule has 3 rings (SSSR count). The van der Waals surface area contributed by atoms with E-state index in [4.69, 9.17) is 15.6 Å². The summed E-state index contributed by atoms with van der Waals surface area (Å²) in [5, 5.41) is 0. The SMILES string of the molecule is CCn1c(CC(NN)C2CCCO2)nc2ccccc21. The first-order valence-electron chi connectivity index (χ1n) is 7.35. The Bertz CT molecular complexity index is 574. The molecule has 0 bridgehead atoms. The molecule has 0 amide bonds. The Labute approximate surface area is 119 Å². The van der Waals surface area contributed by atoms with E-state index >= 15 is 0 Å². The standard InChI is InChI=1S/C15H22N4O/c1-2-19-13-7-4-3-6-11(13)17-15(19)10-12(18-16)14-8-5-9-20-14/h3-4,6-7,12,14,18H,2,5,8-10,16H2,1H3. The van der Waals surface area contributed by atoms with Crippen molar-refractivity contribution in [1.29, 1.82) is 0 Å². The van der Waals surface area contributed by atoms with Crippen LogP contribution in [-0.2, 0) is 17.7 Å². The van der Waals surface area contributed by atoms with Crippen LogP contribution in [0.1, 0.15) is 25.6 Å². The topological polar surface area (TPSA) is 65.1 Å². The minimum absolute atomic E-state index is 0.125. The van der Waals surface area contributed by atoms with Gasteiger partial charge in [0.25, 0.3) is 0 Å². The Morgan fingerprint density at radius 3 is 3.05 bits per heavy atom. The molecule has 20 heavy (non-hydrogen) atoms. The average Bonchev–Trinajstić information content (AvgIpc) is 3.11. The molecule has 2 unspecified atom stereocenters. The number of aromatic nitrogens is 2. The molecule has 0 radical (unpaired) electrons. The molecule has 2 heterocycles. The number of ether oxygens (including phenoxy) is 1. The Balaban J connectivity index is 1.88. The monoisotopic (exact) mass is 274 g/mol. The molecule has 2 aromatic rings. The van der Waals surface area contributed by atoms with E-state index in [-0.39, 0.29) is 12.1 Å². The first kappa shape index (κ1) is 13.5. The van der Waals surface area contributed by atoms with E-state index < -0.39 is 0 Å². The number of aryl methyl sites for hydroxylation is 1. The minimum atomic E-state index is 0.125. The zero-order valence-corrected chi connectivity index (χ0v) is 11.9. The van der Waals surface area contributed by atoms with Crippen molar-refractivity contribution in [3.63, 3.8) is 0 Å². The van der Waals surface area contributed by atoms with Crippen molar-refractivity contribution in [2.75, 3.05) is 6.61 Å². The number of nitrogens with zero attached hydrogens (tertiary/aromatic N) is 2. The molecule has 2 atom stereocenters. The Kier molecular flexibility index (Phi) is 4.00. The van der Waals surface area contributed by atoms with Gasteiger partial charge in [-0.2, -0.15) is 0 Å². The molecule has 1 aromatic heterocycles. The summed E-state index contributed by atoms with van der Waals surface area (Å²) in [5.74, 6) is 6.80. The van der Waals surface area contributed by atoms with Crippen LogP contribution in [0.2, 0.25) is 0 Å². The van der Waals surface area contributed by atoms with Crippen molar-refractivity contribution < 1.29 is 4.74 Å². The third-order valence-corrected chi connectivity index (χ3v) is 4.08. The summed E-state index contributed by atoms with van der Waals surface area (Å²) >= 11 is 0. The third kappa shape index (κ3) is 2.44. The molecular weight excluding hydrogens is 252 g/mol. The lowest BCUT2D eigenvalue weighted by Crippen LogP contribution is -2.45. The highest BCUT2D eigenvalue weighted by atomic mass is 16.5. The van der Waals surface area contributed by atoms with E-state index in [1.54, 1.807) is 0 Å². The largest absolute Gasteiger partial charge is 0.377 e. The molecular formula is C15H22N4O. The quantitative estimate of drug-likeness (QED) is 0.642. The van der Waals surface area contributed by atoms with E-state index in [1.807, 2.05) is 6.07 Å². The van der Waals surface area contributed by atoms with Crippen LogP contribution < -0.4 is 11.3 Å². The summed E-state index contributed by atoms with van der Waals surface area (Å²) in [7, 11) is 0. The summed E-state index contributed by atoms with van der Waals surface area (Å²) in [6.07, 6.45) is 3.18. The van der Waals surface area contributed by atoms with Gasteiger partial charge in [-0.1, -0.05) is 12.1 Å². The van der Waals surface area contributed by atoms with E-state index in [2.05, 4.69) is 35.1 Å². The van der Waals surface area contributed by atoms with Gasteiger partial charge in [0.05, 0.1) is 23.2 Å². The molecule has 108 valence electrons. The fraction of sp³-hybridized carbons (Fsp3) is 0.533. The molecule has 1 aliphatic heterocycles. The van der Waals surface area contributed by atoms with E-state index in [1.165, 1.54) is 5.52 Å². The zero-order valence-electron chi connectivity index (χ0n) is 11.9. The third-order valence-electron chi connectivity index (χ3n) is 4.08. The van der Waals surface area contributed by atoms with Gasteiger partial charge in [-0.25, -0.2) is 4.98 Å². The molecule has 0 aliphatic carbocycles. The molecule has 1 aromatic carbocycles. The molecule has 1 aliphatic rings. The van der Waals surface area contributed by atoms with Crippen molar-refractivity contribution >= 4 is 11.0 Å². The number of nitrogens with one attached hydrogen (secondary N) is 1. The summed E-state index contributed by atoms with van der Waals surface area (Å²) in [4.78, 5) is 4.75. The minimum Gasteiger partial charge on any atom is -0.377 e. The summed E-state index contributed by atoms with van der Waals surface area (Å²) in [6.45, 7) is 3.90. The van der Waals surface area contributed by atoms with E-state index in [0.29, 0.717) is 0 Å². The molecule has 1 saturated heterocycles. The van der Waals surface area contributed by atoms with Crippen LogP contribution >= 0.6 is 0 Å². The van der Waals surface area contributed by atoms with Gasteiger partial charge in [-0.05, 0) is 31.9 Å². The summed E-state index contributed by atoms with van der Waals surface area (Å²) in [5.41, 5.74) is 5.15. The maximum Gasteiger partial charge on any atom is 0.111 e. The van der Waals surface area contributed by atoms with Gasteiger partial charge in [0.1, 0.15) is 5.82 Å². The fourth-order valence-corrected chi connectivity index (χ4v) is 3.05. The van der Waals surface area contributed by atoms with Gasteiger partial charge in [-0.15, -0.1) is 0 Å². The van der Waals surface area contributed by atoms with Crippen LogP contribution in [0.5, 0.6) is 0 Å². The predicted molar refractivity (Wildman–Crippen MR) is 79.2 cm³/mol. The molecule has 5 heteroatoms. The van der Waals surface area contributed by atoms with Crippen LogP contribution in [0.4, 0.5) is 0 Å². The second-order valence-corrected chi connectivity index (χ2v) is 5.29. The number of nitrogens with two attached hydrogens (primary N) is 1. The molecule has 0 saturated carbocycles. The number of hydrazine groups is 1. The van der Waals surface area contributed by atoms with Crippen LogP contribution in [0.3, 0.4) is 0 Å². The number of para-hydroxylation sites is 2. The van der Waals surface area contributed by atoms with Gasteiger partial charge in [0.15, 0.2) is 0 Å².